The molecule has 1 aliphatic carbocycles. The van der Waals surface area contributed by atoms with Gasteiger partial charge in [0.05, 0.1) is 11.1 Å². The minimum Gasteiger partial charge on any atom is -0.477 e. The van der Waals surface area contributed by atoms with E-state index in [1.807, 2.05) is 0 Å². The Balaban J connectivity index is 1.77. The maximum atomic E-state index is 15.0. The number of nitrogens with two attached hydrogens (primary N) is 1. The number of carboxylic acid groups (broad SMARTS) is 1. The quantitative estimate of drug-likeness (QED) is 0.661. The lowest BCUT2D eigenvalue weighted by atomic mass is 10.1. The molecule has 2 aliphatic rings. The van der Waals surface area contributed by atoms with Gasteiger partial charge < -0.3 is 15.7 Å². The van der Waals surface area contributed by atoms with Crippen LogP contribution in [0, 0.1) is 29.3 Å². The van der Waals surface area contributed by atoms with E-state index in [1.165, 1.54) is 0 Å². The van der Waals surface area contributed by atoms with Crippen LogP contribution in [0.3, 0.4) is 0 Å². The summed E-state index contributed by atoms with van der Waals surface area (Å²) in [6.07, 6.45) is 1.87. The van der Waals surface area contributed by atoms with Crippen LogP contribution in [0.2, 0.25) is 0 Å². The average Bonchev–Trinajstić information content (AvgIpc) is 3.49. The smallest absolute Gasteiger partial charge is 0.341 e. The highest BCUT2D eigenvalue weighted by Crippen LogP contribution is 2.45. The molecule has 2 fully saturated rings. The van der Waals surface area contributed by atoms with Crippen molar-refractivity contribution >= 4 is 22.8 Å². The Morgan fingerprint density at radius 3 is 2.61 bits per heavy atom. The second-order valence-corrected chi connectivity index (χ2v) is 8.04. The molecule has 0 spiro atoms. The number of anilines is 1. The van der Waals surface area contributed by atoms with Crippen molar-refractivity contribution in [3.8, 4) is 5.69 Å². The van der Waals surface area contributed by atoms with Crippen LogP contribution in [0.25, 0.3) is 16.7 Å². The zero-order valence-electron chi connectivity index (χ0n) is 16.1. The van der Waals surface area contributed by atoms with Crippen molar-refractivity contribution in [2.75, 3.05) is 18.0 Å². The van der Waals surface area contributed by atoms with Crippen molar-refractivity contribution in [3.05, 3.63) is 63.7 Å². The summed E-state index contributed by atoms with van der Waals surface area (Å²) in [6.45, 7) is 0.926. The molecule has 0 bridgehead atoms. The van der Waals surface area contributed by atoms with E-state index in [1.54, 1.807) is 4.90 Å². The summed E-state index contributed by atoms with van der Waals surface area (Å²) in [5.74, 6) is -3.48. The molecule has 5 rings (SSSR count). The second-order valence-electron chi connectivity index (χ2n) is 8.04. The van der Waals surface area contributed by atoms with E-state index in [4.69, 9.17) is 5.73 Å². The highest BCUT2D eigenvalue weighted by Gasteiger charge is 2.47. The molecule has 2 aromatic heterocycles. The molecule has 1 aliphatic heterocycles. The van der Waals surface area contributed by atoms with Gasteiger partial charge in [-0.05, 0) is 36.5 Å². The van der Waals surface area contributed by atoms with Crippen molar-refractivity contribution in [2.24, 2.45) is 17.6 Å². The number of hydrogen-bond acceptors (Lipinski definition) is 5. The topological polar surface area (TPSA) is 101 Å². The van der Waals surface area contributed by atoms with Gasteiger partial charge in [0.25, 0.3) is 0 Å². The van der Waals surface area contributed by atoms with Gasteiger partial charge in [-0.3, -0.25) is 9.36 Å². The molecular weight excluding hydrogens is 413 g/mol. The van der Waals surface area contributed by atoms with Crippen molar-refractivity contribution < 1.29 is 23.1 Å². The van der Waals surface area contributed by atoms with Gasteiger partial charge >= 0.3 is 5.97 Å². The first kappa shape index (κ1) is 19.6. The second kappa shape index (κ2) is 6.81. The average molecular weight is 430 g/mol. The Kier molecular flexibility index (Phi) is 4.30. The fourth-order valence-electron chi connectivity index (χ4n) is 4.37. The zero-order chi connectivity index (χ0) is 22.0. The number of rotatable bonds is 3. The van der Waals surface area contributed by atoms with E-state index in [2.05, 4.69) is 4.98 Å². The summed E-state index contributed by atoms with van der Waals surface area (Å²) in [5, 5.41) is 9.07. The van der Waals surface area contributed by atoms with E-state index in [0.717, 1.165) is 35.4 Å². The number of aromatic nitrogens is 2. The van der Waals surface area contributed by atoms with Crippen LogP contribution in [0.15, 0.2) is 35.3 Å². The molecule has 0 unspecified atom stereocenters. The van der Waals surface area contributed by atoms with Gasteiger partial charge in [-0.1, -0.05) is 0 Å². The maximum absolute atomic E-state index is 15.0. The van der Waals surface area contributed by atoms with E-state index in [-0.39, 0.29) is 28.6 Å². The lowest BCUT2D eigenvalue weighted by molar-refractivity contribution is 0.0695. The van der Waals surface area contributed by atoms with Crippen LogP contribution in [0.1, 0.15) is 16.8 Å². The van der Waals surface area contributed by atoms with Gasteiger partial charge in [0.1, 0.15) is 17.2 Å². The highest BCUT2D eigenvalue weighted by atomic mass is 19.1. The number of hydrogen-bond donors (Lipinski definition) is 2. The number of nitrogens with zero attached hydrogens (tertiary/aromatic N) is 3. The molecule has 31 heavy (non-hydrogen) atoms. The van der Waals surface area contributed by atoms with Crippen molar-refractivity contribution in [2.45, 2.75) is 12.5 Å². The molecule has 10 heteroatoms. The normalized spacial score (nSPS) is 22.5. The summed E-state index contributed by atoms with van der Waals surface area (Å²) in [7, 11) is 0. The number of fused-ring (bicyclic) bond motifs is 2. The minimum atomic E-state index is -1.56. The molecule has 3 atom stereocenters. The monoisotopic (exact) mass is 430 g/mol. The number of carboxylic acids is 1. The van der Waals surface area contributed by atoms with Crippen LogP contribution < -0.4 is 16.1 Å². The molecular formula is C21H17F3N4O3. The summed E-state index contributed by atoms with van der Waals surface area (Å²) < 4.78 is 43.9. The van der Waals surface area contributed by atoms with Crippen LogP contribution in [-0.4, -0.2) is 39.8 Å². The van der Waals surface area contributed by atoms with E-state index < -0.39 is 34.4 Å². The summed E-state index contributed by atoms with van der Waals surface area (Å²) >= 11 is 0. The largest absolute Gasteiger partial charge is 0.477 e. The fraction of sp³-hybridized carbons (Fsp3) is 0.286. The zero-order valence-corrected chi connectivity index (χ0v) is 16.1. The van der Waals surface area contributed by atoms with Gasteiger partial charge in [0.15, 0.2) is 17.3 Å². The molecule has 1 saturated heterocycles. The Bertz CT molecular complexity index is 1310. The molecule has 3 N–H and O–H groups in total. The molecule has 3 heterocycles. The van der Waals surface area contributed by atoms with Crippen LogP contribution in [-0.2, 0) is 0 Å². The lowest BCUT2D eigenvalue weighted by Crippen LogP contribution is -2.45. The van der Waals surface area contributed by atoms with Crippen molar-refractivity contribution in [1.29, 1.82) is 0 Å². The van der Waals surface area contributed by atoms with Gasteiger partial charge in [0.2, 0.25) is 5.43 Å². The number of pyridine rings is 2. The van der Waals surface area contributed by atoms with E-state index >= 15 is 0 Å². The molecule has 0 radical (unpaired) electrons. The number of carbonyl (C=O) groups is 1. The van der Waals surface area contributed by atoms with E-state index in [9.17, 15) is 27.9 Å². The Hall–Kier alpha value is -3.40. The Morgan fingerprint density at radius 2 is 1.94 bits per heavy atom. The third-order valence-electron chi connectivity index (χ3n) is 6.03. The Labute approximate surface area is 173 Å². The molecule has 7 nitrogen and oxygen atoms in total. The van der Waals surface area contributed by atoms with Crippen molar-refractivity contribution in [1.82, 2.24) is 9.55 Å². The predicted octanol–water partition coefficient (Wildman–Crippen LogP) is 2.28. The maximum Gasteiger partial charge on any atom is 0.341 e. The van der Waals surface area contributed by atoms with Gasteiger partial charge in [-0.15, -0.1) is 0 Å². The molecule has 3 aromatic rings. The van der Waals surface area contributed by atoms with Crippen molar-refractivity contribution in [3.63, 3.8) is 0 Å². The number of benzene rings is 1. The van der Waals surface area contributed by atoms with Crippen LogP contribution in [0.4, 0.5) is 19.0 Å². The first-order valence-electron chi connectivity index (χ1n) is 9.69. The third-order valence-corrected chi connectivity index (χ3v) is 6.03. The standard InChI is InChI=1S/C21H17F3N4O3/c22-10-1-2-17(14(23)4-10)28-7-13(21(30)31)18(29)12-5-15(24)20(26-19(12)28)27-6-9-3-11(9)16(25)8-27/h1-2,4-5,7,9,11,16H,3,6,8,25H2,(H,30,31)/t9-,11-,16+/m1/s1. The molecule has 160 valence electrons. The van der Waals surface area contributed by atoms with Crippen LogP contribution in [0.5, 0.6) is 0 Å². The SMILES string of the molecule is N[C@H]1CN(c2nc3c(cc2F)c(=O)c(C(=O)O)cn3-c2ccc(F)cc2F)C[C@H]2C[C@H]21. The molecule has 1 saturated carbocycles. The van der Waals surface area contributed by atoms with Gasteiger partial charge in [-0.2, -0.15) is 0 Å². The summed E-state index contributed by atoms with van der Waals surface area (Å²) in [5.41, 5.74) is 4.15. The lowest BCUT2D eigenvalue weighted by Gasteiger charge is -2.31. The fourth-order valence-corrected chi connectivity index (χ4v) is 4.37. The number of halogens is 3. The van der Waals surface area contributed by atoms with Crippen LogP contribution >= 0.6 is 0 Å². The molecule has 0 amide bonds. The summed E-state index contributed by atoms with van der Waals surface area (Å²) in [6, 6.07) is 3.48. The minimum absolute atomic E-state index is 0.0490. The van der Waals surface area contributed by atoms with E-state index in [0.29, 0.717) is 31.0 Å². The predicted molar refractivity (Wildman–Crippen MR) is 106 cm³/mol. The molecule has 1 aromatic carbocycles. The number of aromatic carboxylic acids is 1. The first-order valence-corrected chi connectivity index (χ1v) is 9.69. The van der Waals surface area contributed by atoms with Gasteiger partial charge in [0, 0.05) is 31.4 Å². The number of piperidine rings is 1. The summed E-state index contributed by atoms with van der Waals surface area (Å²) in [4.78, 5) is 30.2. The first-order chi connectivity index (χ1) is 14.7. The highest BCUT2D eigenvalue weighted by molar-refractivity contribution is 5.92. The Morgan fingerprint density at radius 1 is 1.16 bits per heavy atom. The van der Waals surface area contributed by atoms with Gasteiger partial charge in [-0.25, -0.2) is 22.9 Å². The third kappa shape index (κ3) is 3.14.